The van der Waals surface area contributed by atoms with Crippen LogP contribution in [0.2, 0.25) is 0 Å². The lowest BCUT2D eigenvalue weighted by Crippen LogP contribution is -2.32. The maximum absolute atomic E-state index is 12.9. The van der Waals surface area contributed by atoms with Crippen molar-refractivity contribution in [2.75, 3.05) is 13.8 Å². The number of hydrogen-bond donors (Lipinski definition) is 0. The summed E-state index contributed by atoms with van der Waals surface area (Å²) in [5, 5.41) is 0. The van der Waals surface area contributed by atoms with Crippen LogP contribution in [-0.2, 0) is 16.1 Å². The van der Waals surface area contributed by atoms with Gasteiger partial charge >= 0.3 is 0 Å². The van der Waals surface area contributed by atoms with E-state index in [-0.39, 0.29) is 13.3 Å². The highest BCUT2D eigenvalue weighted by Gasteiger charge is 2.17. The van der Waals surface area contributed by atoms with Crippen LogP contribution in [0, 0.1) is 0 Å². The normalized spacial score (nSPS) is 9.58. The van der Waals surface area contributed by atoms with Crippen LogP contribution in [0.5, 0.6) is 5.75 Å². The fraction of sp³-hybridized carbons (Fsp3) is 0.214. The molecule has 0 unspecified atom stereocenters. The Bertz CT molecular complexity index is 456. The van der Waals surface area contributed by atoms with Gasteiger partial charge in [0.2, 0.25) is 0 Å². The molecule has 0 aromatic heterocycles. The van der Waals surface area contributed by atoms with Gasteiger partial charge in [-0.1, -0.05) is 25.3 Å². The van der Waals surface area contributed by atoms with E-state index in [2.05, 4.69) is 13.2 Å². The molecule has 1 amide bonds. The topological polar surface area (TPSA) is 38.8 Å². The van der Waals surface area contributed by atoms with Gasteiger partial charge < -0.3 is 9.47 Å². The first-order valence-corrected chi connectivity index (χ1v) is 5.57. The Morgan fingerprint density at radius 1 is 1.42 bits per heavy atom. The summed E-state index contributed by atoms with van der Waals surface area (Å²) in [6, 6.07) is 7.09. The number of rotatable bonds is 7. The number of carbonyl (C=O) groups is 1. The lowest BCUT2D eigenvalue weighted by molar-refractivity contribution is -0.133. The van der Waals surface area contributed by atoms with Crippen LogP contribution in [0.1, 0.15) is 5.56 Å². The van der Waals surface area contributed by atoms with Gasteiger partial charge in [-0.2, -0.15) is 0 Å². The molecular weight excluding hydrogens is 249 g/mol. The second-order valence-corrected chi connectivity index (χ2v) is 3.72. The van der Waals surface area contributed by atoms with Crippen LogP contribution in [0.25, 0.3) is 0 Å². The molecule has 0 aliphatic rings. The molecule has 0 saturated carbocycles. The number of ether oxygens (including phenoxy) is 2. The number of halogens is 1. The SMILES string of the molecule is C=COCN(Cc1ccc(OC)cc1)C(=O)C(=C)F. The summed E-state index contributed by atoms with van der Waals surface area (Å²) in [4.78, 5) is 12.8. The maximum atomic E-state index is 12.9. The second-order valence-electron chi connectivity index (χ2n) is 3.72. The van der Waals surface area contributed by atoms with Crippen molar-refractivity contribution in [1.29, 1.82) is 0 Å². The quantitative estimate of drug-likeness (QED) is 0.432. The highest BCUT2D eigenvalue weighted by Crippen LogP contribution is 2.14. The first-order chi connectivity index (χ1) is 9.08. The van der Waals surface area contributed by atoms with Crippen molar-refractivity contribution in [2.45, 2.75) is 6.54 Å². The number of carbonyl (C=O) groups excluding carboxylic acids is 1. The molecule has 0 bridgehead atoms. The maximum Gasteiger partial charge on any atom is 0.284 e. The third-order valence-electron chi connectivity index (χ3n) is 2.40. The summed E-state index contributed by atoms with van der Waals surface area (Å²) in [6.07, 6.45) is 1.19. The predicted molar refractivity (Wildman–Crippen MR) is 69.9 cm³/mol. The fourth-order valence-corrected chi connectivity index (χ4v) is 1.44. The lowest BCUT2D eigenvalue weighted by Gasteiger charge is -2.21. The minimum absolute atomic E-state index is 0.0860. The minimum atomic E-state index is -1.03. The first kappa shape index (κ1) is 14.8. The molecule has 0 radical (unpaired) electrons. The number of nitrogens with zero attached hydrogens (tertiary/aromatic N) is 1. The number of hydrogen-bond acceptors (Lipinski definition) is 3. The predicted octanol–water partition coefficient (Wildman–Crippen LogP) is 2.62. The van der Waals surface area contributed by atoms with Gasteiger partial charge in [0.1, 0.15) is 5.75 Å². The van der Waals surface area contributed by atoms with Crippen molar-refractivity contribution >= 4 is 5.91 Å². The summed E-state index contributed by atoms with van der Waals surface area (Å²) in [5.41, 5.74) is 0.822. The van der Waals surface area contributed by atoms with Crippen molar-refractivity contribution in [3.05, 3.63) is 55.1 Å². The Morgan fingerprint density at radius 3 is 2.53 bits per heavy atom. The molecule has 0 aliphatic heterocycles. The van der Waals surface area contributed by atoms with Crippen molar-refractivity contribution in [1.82, 2.24) is 4.90 Å². The Balaban J connectivity index is 2.77. The molecule has 0 heterocycles. The van der Waals surface area contributed by atoms with Gasteiger partial charge in [-0.3, -0.25) is 9.69 Å². The minimum Gasteiger partial charge on any atom is -0.497 e. The van der Waals surface area contributed by atoms with Crippen LogP contribution < -0.4 is 4.74 Å². The van der Waals surface area contributed by atoms with Gasteiger partial charge in [0.25, 0.3) is 5.91 Å². The molecule has 4 nitrogen and oxygen atoms in total. The molecule has 1 aromatic carbocycles. The number of benzene rings is 1. The molecule has 1 rings (SSSR count). The van der Waals surface area contributed by atoms with Gasteiger partial charge in [-0.25, -0.2) is 4.39 Å². The van der Waals surface area contributed by atoms with Gasteiger partial charge in [0.05, 0.1) is 13.4 Å². The number of amides is 1. The Labute approximate surface area is 111 Å². The number of methoxy groups -OCH3 is 1. The standard InChI is InChI=1S/C14H16FNO3/c1-4-19-10-16(14(17)11(2)15)9-12-5-7-13(18-3)8-6-12/h4-8H,1-2,9-10H2,3H3. The van der Waals surface area contributed by atoms with Crippen LogP contribution in [0.15, 0.2) is 49.5 Å². The molecule has 5 heteroatoms. The van der Waals surface area contributed by atoms with E-state index < -0.39 is 11.7 Å². The molecule has 0 atom stereocenters. The first-order valence-electron chi connectivity index (χ1n) is 5.57. The monoisotopic (exact) mass is 265 g/mol. The summed E-state index contributed by atoms with van der Waals surface area (Å²) in [5.74, 6) is -1.13. The fourth-order valence-electron chi connectivity index (χ4n) is 1.44. The molecular formula is C14H16FNO3. The molecule has 0 saturated heterocycles. The third-order valence-corrected chi connectivity index (χ3v) is 2.40. The molecule has 0 N–H and O–H groups in total. The lowest BCUT2D eigenvalue weighted by atomic mass is 10.2. The zero-order valence-corrected chi connectivity index (χ0v) is 10.8. The molecule has 1 aromatic rings. The van der Waals surface area contributed by atoms with Gasteiger partial charge in [0, 0.05) is 6.54 Å². The molecule has 0 fully saturated rings. The zero-order valence-electron chi connectivity index (χ0n) is 10.8. The summed E-state index contributed by atoms with van der Waals surface area (Å²) >= 11 is 0. The van der Waals surface area contributed by atoms with E-state index in [1.807, 2.05) is 0 Å². The Hall–Kier alpha value is -2.30. The van der Waals surface area contributed by atoms with Gasteiger partial charge in [-0.05, 0) is 17.7 Å². The van der Waals surface area contributed by atoms with Crippen molar-refractivity contribution < 1.29 is 18.7 Å². The van der Waals surface area contributed by atoms with Crippen LogP contribution in [-0.4, -0.2) is 24.6 Å². The summed E-state index contributed by atoms with van der Waals surface area (Å²) in [7, 11) is 1.57. The van der Waals surface area contributed by atoms with Crippen molar-refractivity contribution in [3.8, 4) is 5.75 Å². The molecule has 19 heavy (non-hydrogen) atoms. The van der Waals surface area contributed by atoms with Crippen LogP contribution in [0.3, 0.4) is 0 Å². The van der Waals surface area contributed by atoms with E-state index in [1.165, 1.54) is 11.2 Å². The largest absolute Gasteiger partial charge is 0.497 e. The van der Waals surface area contributed by atoms with E-state index in [0.29, 0.717) is 5.75 Å². The smallest absolute Gasteiger partial charge is 0.284 e. The van der Waals surface area contributed by atoms with Crippen molar-refractivity contribution in [3.63, 3.8) is 0 Å². The highest BCUT2D eigenvalue weighted by atomic mass is 19.1. The zero-order chi connectivity index (χ0) is 14.3. The molecule has 102 valence electrons. The molecule has 0 aliphatic carbocycles. The van der Waals surface area contributed by atoms with Gasteiger partial charge in [0.15, 0.2) is 12.6 Å². The summed E-state index contributed by atoms with van der Waals surface area (Å²) in [6.45, 7) is 6.49. The van der Waals surface area contributed by atoms with E-state index >= 15 is 0 Å². The van der Waals surface area contributed by atoms with Gasteiger partial charge in [-0.15, -0.1) is 0 Å². The Kier molecular flexibility index (Phi) is 5.60. The van der Waals surface area contributed by atoms with E-state index in [1.54, 1.807) is 31.4 Å². The average molecular weight is 265 g/mol. The third kappa shape index (κ3) is 4.46. The highest BCUT2D eigenvalue weighted by molar-refractivity contribution is 5.90. The van der Waals surface area contributed by atoms with E-state index in [4.69, 9.17) is 9.47 Å². The van der Waals surface area contributed by atoms with Crippen molar-refractivity contribution in [2.24, 2.45) is 0 Å². The van der Waals surface area contributed by atoms with Crippen LogP contribution in [0.4, 0.5) is 4.39 Å². The van der Waals surface area contributed by atoms with Crippen LogP contribution >= 0.6 is 0 Å². The Morgan fingerprint density at radius 2 is 2.05 bits per heavy atom. The summed E-state index contributed by atoms with van der Waals surface area (Å²) < 4.78 is 22.9. The molecule has 0 spiro atoms. The van der Waals surface area contributed by atoms with E-state index in [0.717, 1.165) is 5.56 Å². The van der Waals surface area contributed by atoms with E-state index in [9.17, 15) is 9.18 Å². The average Bonchev–Trinajstić information content (AvgIpc) is 2.43. The second kappa shape index (κ2) is 7.20.